The van der Waals surface area contributed by atoms with Gasteiger partial charge in [-0.25, -0.2) is 9.37 Å². The second kappa shape index (κ2) is 6.84. The first-order chi connectivity index (χ1) is 14.5. The average Bonchev–Trinajstić information content (AvgIpc) is 3.33. The van der Waals surface area contributed by atoms with Gasteiger partial charge in [-0.2, -0.15) is 5.10 Å². The van der Waals surface area contributed by atoms with Crippen LogP contribution in [0.5, 0.6) is 0 Å². The Morgan fingerprint density at radius 3 is 2.13 bits per heavy atom. The van der Waals surface area contributed by atoms with Crippen LogP contribution in [-0.2, 0) is 14.1 Å². The van der Waals surface area contributed by atoms with E-state index in [4.69, 9.17) is 10.7 Å². The van der Waals surface area contributed by atoms with E-state index in [1.165, 1.54) is 12.1 Å². The summed E-state index contributed by atoms with van der Waals surface area (Å²) in [6, 6.07) is 18.6. The molecule has 0 aliphatic heterocycles. The minimum atomic E-state index is -0.269. The maximum atomic E-state index is 13.3. The van der Waals surface area contributed by atoms with E-state index in [1.807, 2.05) is 43.2 Å². The van der Waals surface area contributed by atoms with Gasteiger partial charge in [0.25, 0.3) is 0 Å². The predicted octanol–water partition coefficient (Wildman–Crippen LogP) is 5.03. The Morgan fingerprint density at radius 1 is 0.800 bits per heavy atom. The largest absolute Gasteiger partial charge is 0.396 e. The van der Waals surface area contributed by atoms with Crippen LogP contribution < -0.4 is 5.73 Å². The number of hydrogen-bond acceptors (Lipinski definition) is 3. The Kier molecular flexibility index (Phi) is 4.13. The van der Waals surface area contributed by atoms with E-state index in [0.29, 0.717) is 5.69 Å². The average molecular weight is 397 g/mol. The number of halogens is 1. The highest BCUT2D eigenvalue weighted by atomic mass is 19.1. The van der Waals surface area contributed by atoms with E-state index in [0.717, 1.165) is 44.7 Å². The van der Waals surface area contributed by atoms with E-state index in [-0.39, 0.29) is 5.82 Å². The fraction of sp³-hybridized carbons (Fsp3) is 0.0833. The molecule has 0 spiro atoms. The molecule has 0 bridgehead atoms. The van der Waals surface area contributed by atoms with Crippen molar-refractivity contribution in [2.45, 2.75) is 0 Å². The number of nitrogens with two attached hydrogens (primary N) is 1. The van der Waals surface area contributed by atoms with Crippen molar-refractivity contribution in [2.75, 3.05) is 5.73 Å². The molecule has 6 heteroatoms. The Bertz CT molecular complexity index is 1360. The summed E-state index contributed by atoms with van der Waals surface area (Å²) >= 11 is 0. The molecule has 5 aromatic rings. The standard InChI is InChI=1S/C24H20FN5/c1-29-14-18(13-27-29)15-3-5-16(6-4-15)20-11-12-21-23(22(20)26)28-24(30(21)2)17-7-9-19(25)10-8-17/h3-14H,26H2,1-2H3. The Balaban J connectivity index is 1.57. The van der Waals surface area contributed by atoms with Gasteiger partial charge in [-0.05, 0) is 41.5 Å². The van der Waals surface area contributed by atoms with Crippen molar-refractivity contribution in [1.29, 1.82) is 0 Å². The minimum absolute atomic E-state index is 0.269. The quantitative estimate of drug-likeness (QED) is 0.435. The molecule has 30 heavy (non-hydrogen) atoms. The molecule has 0 radical (unpaired) electrons. The van der Waals surface area contributed by atoms with E-state index in [2.05, 4.69) is 29.4 Å². The fourth-order valence-electron chi connectivity index (χ4n) is 3.80. The zero-order valence-electron chi connectivity index (χ0n) is 16.7. The topological polar surface area (TPSA) is 61.7 Å². The van der Waals surface area contributed by atoms with Crippen molar-refractivity contribution in [2.24, 2.45) is 14.1 Å². The van der Waals surface area contributed by atoms with Crippen LogP contribution in [0.1, 0.15) is 0 Å². The Hall–Kier alpha value is -3.93. The summed E-state index contributed by atoms with van der Waals surface area (Å²) in [5.41, 5.74) is 13.8. The first-order valence-corrected chi connectivity index (χ1v) is 9.61. The van der Waals surface area contributed by atoms with E-state index >= 15 is 0 Å². The lowest BCUT2D eigenvalue weighted by atomic mass is 10.00. The van der Waals surface area contributed by atoms with Gasteiger partial charge >= 0.3 is 0 Å². The number of aryl methyl sites for hydroxylation is 2. The van der Waals surface area contributed by atoms with E-state index in [1.54, 1.807) is 16.8 Å². The van der Waals surface area contributed by atoms with Gasteiger partial charge in [0, 0.05) is 37.0 Å². The van der Waals surface area contributed by atoms with Crippen LogP contribution >= 0.6 is 0 Å². The number of nitrogens with zero attached hydrogens (tertiary/aromatic N) is 4. The van der Waals surface area contributed by atoms with Crippen molar-refractivity contribution >= 4 is 16.7 Å². The molecule has 0 unspecified atom stereocenters. The minimum Gasteiger partial charge on any atom is -0.396 e. The molecule has 0 atom stereocenters. The molecule has 3 aromatic carbocycles. The normalized spacial score (nSPS) is 11.3. The van der Waals surface area contributed by atoms with Crippen LogP contribution in [0.2, 0.25) is 0 Å². The van der Waals surface area contributed by atoms with Crippen molar-refractivity contribution in [1.82, 2.24) is 19.3 Å². The third-order valence-electron chi connectivity index (χ3n) is 5.43. The fourth-order valence-corrected chi connectivity index (χ4v) is 3.80. The molecular formula is C24H20FN5. The summed E-state index contributed by atoms with van der Waals surface area (Å²) in [4.78, 5) is 4.77. The smallest absolute Gasteiger partial charge is 0.140 e. The molecule has 0 aliphatic carbocycles. The highest BCUT2D eigenvalue weighted by Crippen LogP contribution is 2.35. The number of anilines is 1. The second-order valence-electron chi connectivity index (χ2n) is 7.38. The number of rotatable bonds is 3. The number of fused-ring (bicyclic) bond motifs is 1. The summed E-state index contributed by atoms with van der Waals surface area (Å²) in [7, 11) is 3.84. The van der Waals surface area contributed by atoms with Gasteiger partial charge in [0.05, 0.1) is 17.4 Å². The number of imidazole rings is 1. The van der Waals surface area contributed by atoms with Crippen molar-refractivity contribution in [3.63, 3.8) is 0 Å². The van der Waals surface area contributed by atoms with E-state index in [9.17, 15) is 4.39 Å². The molecule has 0 aliphatic rings. The molecule has 2 N–H and O–H groups in total. The molecule has 5 nitrogen and oxygen atoms in total. The van der Waals surface area contributed by atoms with E-state index < -0.39 is 0 Å². The van der Waals surface area contributed by atoms with Gasteiger partial charge in [0.15, 0.2) is 0 Å². The van der Waals surface area contributed by atoms with Crippen LogP contribution in [-0.4, -0.2) is 19.3 Å². The first-order valence-electron chi connectivity index (χ1n) is 9.61. The van der Waals surface area contributed by atoms with Gasteiger partial charge < -0.3 is 10.3 Å². The van der Waals surface area contributed by atoms with Gasteiger partial charge in [-0.15, -0.1) is 0 Å². The number of nitrogen functional groups attached to an aromatic ring is 1. The maximum Gasteiger partial charge on any atom is 0.140 e. The van der Waals surface area contributed by atoms with Crippen LogP contribution in [0.3, 0.4) is 0 Å². The molecule has 0 saturated carbocycles. The van der Waals surface area contributed by atoms with Crippen LogP contribution in [0.4, 0.5) is 10.1 Å². The van der Waals surface area contributed by atoms with Crippen molar-refractivity contribution in [3.05, 3.63) is 78.9 Å². The molecule has 5 rings (SSSR count). The molecule has 148 valence electrons. The summed E-state index contributed by atoms with van der Waals surface area (Å²) in [6.45, 7) is 0. The summed E-state index contributed by atoms with van der Waals surface area (Å²) in [5.74, 6) is 0.481. The third-order valence-corrected chi connectivity index (χ3v) is 5.43. The van der Waals surface area contributed by atoms with Crippen molar-refractivity contribution < 1.29 is 4.39 Å². The summed E-state index contributed by atoms with van der Waals surface area (Å²) < 4.78 is 17.1. The zero-order valence-corrected chi connectivity index (χ0v) is 16.7. The highest BCUT2D eigenvalue weighted by Gasteiger charge is 2.15. The molecule has 2 heterocycles. The van der Waals surface area contributed by atoms with Gasteiger partial charge in [-0.3, -0.25) is 4.68 Å². The van der Waals surface area contributed by atoms with Crippen molar-refractivity contribution in [3.8, 4) is 33.6 Å². The number of aromatic nitrogens is 4. The molecule has 0 fully saturated rings. The molecule has 0 saturated heterocycles. The summed E-state index contributed by atoms with van der Waals surface area (Å²) in [6.07, 6.45) is 3.83. The summed E-state index contributed by atoms with van der Waals surface area (Å²) in [5, 5.41) is 4.23. The highest BCUT2D eigenvalue weighted by molar-refractivity contribution is 5.98. The number of hydrogen-bond donors (Lipinski definition) is 1. The zero-order chi connectivity index (χ0) is 20.8. The lowest BCUT2D eigenvalue weighted by Gasteiger charge is -2.08. The predicted molar refractivity (Wildman–Crippen MR) is 118 cm³/mol. The van der Waals surface area contributed by atoms with Crippen LogP contribution in [0.25, 0.3) is 44.7 Å². The number of benzene rings is 3. The second-order valence-corrected chi connectivity index (χ2v) is 7.38. The lowest BCUT2D eigenvalue weighted by Crippen LogP contribution is -1.94. The van der Waals surface area contributed by atoms with Gasteiger partial charge in [-0.1, -0.05) is 30.3 Å². The molecular weight excluding hydrogens is 377 g/mol. The maximum absolute atomic E-state index is 13.3. The lowest BCUT2D eigenvalue weighted by molar-refractivity contribution is 0.628. The SMILES string of the molecule is Cn1cc(-c2ccc(-c3ccc4c(nc(-c5ccc(F)cc5)n4C)c3N)cc2)cn1. The van der Waals surface area contributed by atoms with Crippen LogP contribution in [0, 0.1) is 5.82 Å². The molecule has 0 amide bonds. The first kappa shape index (κ1) is 18.1. The van der Waals surface area contributed by atoms with Gasteiger partial charge in [0.1, 0.15) is 17.2 Å². The molecule has 2 aromatic heterocycles. The van der Waals surface area contributed by atoms with Gasteiger partial charge in [0.2, 0.25) is 0 Å². The Morgan fingerprint density at radius 2 is 1.47 bits per heavy atom. The van der Waals surface area contributed by atoms with Crippen LogP contribution in [0.15, 0.2) is 73.1 Å². The Labute approximate surface area is 173 Å². The monoisotopic (exact) mass is 397 g/mol. The third kappa shape index (κ3) is 2.93.